The Morgan fingerprint density at radius 3 is 2.47 bits per heavy atom. The van der Waals surface area contributed by atoms with E-state index in [1.807, 2.05) is 12.1 Å². The summed E-state index contributed by atoms with van der Waals surface area (Å²) >= 11 is 12.0. The number of furan rings is 1. The summed E-state index contributed by atoms with van der Waals surface area (Å²) in [6.07, 6.45) is 2.95. The van der Waals surface area contributed by atoms with E-state index in [2.05, 4.69) is 5.32 Å². The zero-order valence-electron chi connectivity index (χ0n) is 15.9. The van der Waals surface area contributed by atoms with Gasteiger partial charge in [-0.3, -0.25) is 9.59 Å². The number of carbonyl (C=O) groups is 2. The van der Waals surface area contributed by atoms with Crippen molar-refractivity contribution in [3.05, 3.63) is 69.9 Å². The van der Waals surface area contributed by atoms with Crippen LogP contribution in [0.3, 0.4) is 0 Å². The van der Waals surface area contributed by atoms with E-state index >= 15 is 0 Å². The van der Waals surface area contributed by atoms with Gasteiger partial charge < -0.3 is 19.4 Å². The van der Waals surface area contributed by atoms with Crippen LogP contribution in [-0.2, 0) is 9.53 Å². The Labute approximate surface area is 183 Å². The van der Waals surface area contributed by atoms with Crippen LogP contribution >= 0.6 is 23.2 Å². The maximum absolute atomic E-state index is 13.0. The summed E-state index contributed by atoms with van der Waals surface area (Å²) < 4.78 is 11.1. The zero-order chi connectivity index (χ0) is 21.1. The maximum Gasteiger partial charge on any atom is 0.291 e. The second kappa shape index (κ2) is 8.92. The summed E-state index contributed by atoms with van der Waals surface area (Å²) in [6.45, 7) is 1.88. The molecule has 0 saturated carbocycles. The monoisotopic (exact) mass is 444 g/mol. The van der Waals surface area contributed by atoms with Crippen molar-refractivity contribution in [1.29, 1.82) is 0 Å². The van der Waals surface area contributed by atoms with E-state index in [4.69, 9.17) is 32.4 Å². The van der Waals surface area contributed by atoms with E-state index < -0.39 is 5.91 Å². The molecule has 2 amide bonds. The smallest absolute Gasteiger partial charge is 0.291 e. The fraction of sp³-hybridized carbons (Fsp3) is 0.182. The topological polar surface area (TPSA) is 71.8 Å². The number of fused-ring (bicyclic) bond motifs is 1. The highest BCUT2D eigenvalue weighted by Gasteiger charge is 2.27. The molecule has 2 heterocycles. The van der Waals surface area contributed by atoms with E-state index in [1.54, 1.807) is 41.3 Å². The third-order valence-corrected chi connectivity index (χ3v) is 5.08. The first-order valence-electron chi connectivity index (χ1n) is 9.35. The second-order valence-corrected chi connectivity index (χ2v) is 7.61. The fourth-order valence-corrected chi connectivity index (χ4v) is 3.78. The normalized spacial score (nSPS) is 14.4. The average molecular weight is 445 g/mol. The van der Waals surface area contributed by atoms with E-state index in [0.29, 0.717) is 58.6 Å². The zero-order valence-corrected chi connectivity index (χ0v) is 17.4. The molecular formula is C22H18Cl2N2O4. The first-order chi connectivity index (χ1) is 14.5. The molecule has 1 aliphatic heterocycles. The molecule has 0 atom stereocenters. The van der Waals surface area contributed by atoms with Crippen LogP contribution in [0.15, 0.2) is 53.0 Å². The number of benzene rings is 2. The Morgan fingerprint density at radius 2 is 1.73 bits per heavy atom. The van der Waals surface area contributed by atoms with E-state index in [1.165, 1.54) is 6.08 Å². The summed E-state index contributed by atoms with van der Waals surface area (Å²) in [6, 6.07) is 12.2. The van der Waals surface area contributed by atoms with Crippen molar-refractivity contribution >= 4 is 57.7 Å². The van der Waals surface area contributed by atoms with Gasteiger partial charge >= 0.3 is 0 Å². The molecule has 1 aromatic heterocycles. The number of halogens is 2. The number of rotatable bonds is 4. The number of amides is 2. The summed E-state index contributed by atoms with van der Waals surface area (Å²) in [7, 11) is 0. The third kappa shape index (κ3) is 4.51. The molecular weight excluding hydrogens is 427 g/mol. The minimum Gasteiger partial charge on any atom is -0.449 e. The van der Waals surface area contributed by atoms with Crippen LogP contribution in [0.5, 0.6) is 0 Å². The van der Waals surface area contributed by atoms with E-state index in [-0.39, 0.29) is 11.7 Å². The van der Waals surface area contributed by atoms with Crippen LogP contribution < -0.4 is 5.32 Å². The van der Waals surface area contributed by atoms with Gasteiger partial charge in [-0.15, -0.1) is 0 Å². The molecule has 2 aromatic carbocycles. The molecule has 0 bridgehead atoms. The molecule has 1 fully saturated rings. The van der Waals surface area contributed by atoms with Gasteiger partial charge in [-0.05, 0) is 42.0 Å². The lowest BCUT2D eigenvalue weighted by atomic mass is 10.2. The van der Waals surface area contributed by atoms with Crippen LogP contribution in [0.1, 0.15) is 16.1 Å². The van der Waals surface area contributed by atoms with Crippen LogP contribution in [0.25, 0.3) is 17.0 Å². The van der Waals surface area contributed by atoms with Crippen LogP contribution in [0.4, 0.5) is 5.69 Å². The molecule has 154 valence electrons. The molecule has 0 spiro atoms. The molecule has 30 heavy (non-hydrogen) atoms. The molecule has 1 N–H and O–H groups in total. The van der Waals surface area contributed by atoms with Crippen molar-refractivity contribution in [2.45, 2.75) is 0 Å². The highest BCUT2D eigenvalue weighted by Crippen LogP contribution is 2.32. The van der Waals surface area contributed by atoms with Gasteiger partial charge in [0.1, 0.15) is 11.3 Å². The third-order valence-electron chi connectivity index (χ3n) is 4.65. The summed E-state index contributed by atoms with van der Waals surface area (Å²) in [5, 5.41) is 4.39. The predicted octanol–water partition coefficient (Wildman–Crippen LogP) is 4.86. The number of carbonyl (C=O) groups excluding carboxylic acids is 2. The minimum absolute atomic E-state index is 0.102. The van der Waals surface area contributed by atoms with Gasteiger partial charge in [0, 0.05) is 34.6 Å². The predicted molar refractivity (Wildman–Crippen MR) is 117 cm³/mol. The van der Waals surface area contributed by atoms with Gasteiger partial charge in [0.25, 0.3) is 5.91 Å². The van der Waals surface area contributed by atoms with Gasteiger partial charge in [0.2, 0.25) is 11.7 Å². The number of hydrogen-bond acceptors (Lipinski definition) is 4. The Hall–Kier alpha value is -2.80. The molecule has 6 nitrogen and oxygen atoms in total. The highest BCUT2D eigenvalue weighted by molar-refractivity contribution is 6.34. The minimum atomic E-state index is -0.409. The Morgan fingerprint density at radius 1 is 1.03 bits per heavy atom. The van der Waals surface area contributed by atoms with Crippen LogP contribution in [0, 0.1) is 0 Å². The first kappa shape index (κ1) is 20.5. The highest BCUT2D eigenvalue weighted by atomic mass is 35.5. The van der Waals surface area contributed by atoms with Crippen molar-refractivity contribution in [1.82, 2.24) is 4.90 Å². The molecule has 4 rings (SSSR count). The molecule has 0 radical (unpaired) electrons. The SMILES string of the molecule is O=C(/C=C/c1cc(Cl)cc(Cl)c1)Nc1c(C(=O)N2CCOCC2)oc2ccccc12. The van der Waals surface area contributed by atoms with Gasteiger partial charge in [0.05, 0.1) is 13.2 Å². The molecule has 3 aromatic rings. The van der Waals surface area contributed by atoms with Crippen LogP contribution in [0.2, 0.25) is 10.0 Å². The Bertz CT molecular complexity index is 1110. The van der Waals surface area contributed by atoms with Gasteiger partial charge in [0.15, 0.2) is 0 Å². The Kier molecular flexibility index (Phi) is 6.08. The number of morpholine rings is 1. The Balaban J connectivity index is 1.61. The molecule has 8 heteroatoms. The molecule has 0 unspecified atom stereocenters. The van der Waals surface area contributed by atoms with Crippen molar-refractivity contribution in [2.24, 2.45) is 0 Å². The second-order valence-electron chi connectivity index (χ2n) is 6.73. The number of nitrogens with zero attached hydrogens (tertiary/aromatic N) is 1. The number of anilines is 1. The van der Waals surface area contributed by atoms with E-state index in [0.717, 1.165) is 0 Å². The summed E-state index contributed by atoms with van der Waals surface area (Å²) in [5.74, 6) is -0.588. The largest absolute Gasteiger partial charge is 0.449 e. The summed E-state index contributed by atoms with van der Waals surface area (Å²) in [5.41, 5.74) is 1.56. The van der Waals surface area contributed by atoms with Crippen molar-refractivity contribution in [2.75, 3.05) is 31.6 Å². The number of hydrogen-bond donors (Lipinski definition) is 1. The quantitative estimate of drug-likeness (QED) is 0.582. The number of nitrogens with one attached hydrogen (secondary N) is 1. The molecule has 1 saturated heterocycles. The molecule has 1 aliphatic rings. The van der Waals surface area contributed by atoms with Gasteiger partial charge in [-0.1, -0.05) is 35.3 Å². The van der Waals surface area contributed by atoms with E-state index in [9.17, 15) is 9.59 Å². The number of para-hydroxylation sites is 1. The lowest BCUT2D eigenvalue weighted by Crippen LogP contribution is -2.40. The molecule has 0 aliphatic carbocycles. The van der Waals surface area contributed by atoms with Crippen LogP contribution in [-0.4, -0.2) is 43.0 Å². The summed E-state index contributed by atoms with van der Waals surface area (Å²) in [4.78, 5) is 27.3. The lowest BCUT2D eigenvalue weighted by Gasteiger charge is -2.26. The average Bonchev–Trinajstić information content (AvgIpc) is 3.10. The lowest BCUT2D eigenvalue weighted by molar-refractivity contribution is -0.111. The van der Waals surface area contributed by atoms with Crippen molar-refractivity contribution in [3.8, 4) is 0 Å². The van der Waals surface area contributed by atoms with Crippen molar-refractivity contribution < 1.29 is 18.7 Å². The maximum atomic E-state index is 13.0. The number of ether oxygens (including phenoxy) is 1. The fourth-order valence-electron chi connectivity index (χ4n) is 3.24. The van der Waals surface area contributed by atoms with Gasteiger partial charge in [-0.2, -0.15) is 0 Å². The standard InChI is InChI=1S/C22H18Cl2N2O4/c23-15-11-14(12-16(24)13-15)5-6-19(27)25-20-17-3-1-2-4-18(17)30-21(20)22(28)26-7-9-29-10-8-26/h1-6,11-13H,7-10H2,(H,25,27)/b6-5+. The first-order valence-corrected chi connectivity index (χ1v) is 10.1. The van der Waals surface area contributed by atoms with Crippen molar-refractivity contribution in [3.63, 3.8) is 0 Å². The van der Waals surface area contributed by atoms with Gasteiger partial charge in [-0.25, -0.2) is 0 Å².